The molecule has 3 N–H and O–H groups in total. The number of benzene rings is 1. The number of aryl methyl sites for hydroxylation is 1. The second kappa shape index (κ2) is 16.3. The zero-order chi connectivity index (χ0) is 28.8. The van der Waals surface area contributed by atoms with Crippen molar-refractivity contribution < 1.29 is 4.79 Å². The molecule has 1 unspecified atom stereocenters. The molecule has 1 amide bonds. The molecule has 2 heterocycles. The molecule has 1 atom stereocenters. The van der Waals surface area contributed by atoms with Gasteiger partial charge in [0.2, 0.25) is 0 Å². The molecule has 0 radical (unpaired) electrons. The lowest BCUT2D eigenvalue weighted by atomic mass is 10.1. The van der Waals surface area contributed by atoms with E-state index in [0.717, 1.165) is 40.8 Å². The minimum absolute atomic E-state index is 0.0345. The van der Waals surface area contributed by atoms with Crippen LogP contribution in [0, 0.1) is 6.92 Å². The van der Waals surface area contributed by atoms with E-state index in [2.05, 4.69) is 64.3 Å². The monoisotopic (exact) mass is 530 g/mol. The van der Waals surface area contributed by atoms with Gasteiger partial charge in [-0.1, -0.05) is 72.2 Å². The van der Waals surface area contributed by atoms with Gasteiger partial charge in [-0.15, -0.1) is 0 Å². The summed E-state index contributed by atoms with van der Waals surface area (Å²) in [6.07, 6.45) is 11.0. The zero-order valence-electron chi connectivity index (χ0n) is 24.8. The van der Waals surface area contributed by atoms with E-state index >= 15 is 0 Å². The van der Waals surface area contributed by atoms with Gasteiger partial charge in [-0.3, -0.25) is 9.78 Å². The summed E-state index contributed by atoms with van der Waals surface area (Å²) in [6, 6.07) is 10.1. The van der Waals surface area contributed by atoms with Gasteiger partial charge in [-0.25, -0.2) is 9.97 Å². The van der Waals surface area contributed by atoms with Gasteiger partial charge in [0, 0.05) is 17.9 Å². The fourth-order valence-electron chi connectivity index (χ4n) is 3.62. The molecular weight excluding hydrogens is 484 g/mol. The molecule has 4 rings (SSSR count). The highest BCUT2D eigenvalue weighted by molar-refractivity contribution is 6.04. The highest BCUT2D eigenvalue weighted by atomic mass is 16.1. The van der Waals surface area contributed by atoms with Gasteiger partial charge in [0.15, 0.2) is 0 Å². The molecule has 7 nitrogen and oxygen atoms in total. The Labute approximate surface area is 234 Å². The van der Waals surface area contributed by atoms with Crippen LogP contribution in [0.1, 0.15) is 101 Å². The number of amides is 1. The van der Waals surface area contributed by atoms with Gasteiger partial charge < -0.3 is 16.0 Å². The molecule has 1 aliphatic carbocycles. The Hall–Kier alpha value is -3.74. The summed E-state index contributed by atoms with van der Waals surface area (Å²) in [5.74, 6) is 1.34. The first-order valence-corrected chi connectivity index (χ1v) is 14.3. The summed E-state index contributed by atoms with van der Waals surface area (Å²) >= 11 is 0. The third kappa shape index (κ3) is 10.2. The normalized spacial score (nSPS) is 13.3. The molecule has 1 aromatic carbocycles. The van der Waals surface area contributed by atoms with E-state index in [-0.39, 0.29) is 11.9 Å². The number of anilines is 3. The predicted octanol–water partition coefficient (Wildman–Crippen LogP) is 6.61. The summed E-state index contributed by atoms with van der Waals surface area (Å²) in [4.78, 5) is 26.3. The Morgan fingerprint density at radius 3 is 2.46 bits per heavy atom. The molecule has 0 aliphatic heterocycles. The Balaban J connectivity index is 0.000000998. The van der Waals surface area contributed by atoms with Crippen molar-refractivity contribution in [3.63, 3.8) is 0 Å². The second-order valence-electron chi connectivity index (χ2n) is 9.54. The van der Waals surface area contributed by atoms with Gasteiger partial charge in [0.25, 0.3) is 5.91 Å². The van der Waals surface area contributed by atoms with E-state index in [4.69, 9.17) is 0 Å². The Kier molecular flexibility index (Phi) is 13.1. The van der Waals surface area contributed by atoms with E-state index in [9.17, 15) is 4.79 Å². The van der Waals surface area contributed by atoms with Crippen molar-refractivity contribution in [3.8, 4) is 0 Å². The van der Waals surface area contributed by atoms with Crippen LogP contribution < -0.4 is 26.6 Å². The third-order valence-electron chi connectivity index (χ3n) is 5.77. The summed E-state index contributed by atoms with van der Waals surface area (Å²) in [6.45, 7) is 18.4. The molecule has 210 valence electrons. The first-order chi connectivity index (χ1) is 18.8. The number of unbranched alkanes of at least 4 members (excludes halogenated alkanes) is 1. The van der Waals surface area contributed by atoms with Gasteiger partial charge in [0.1, 0.15) is 11.6 Å². The molecule has 3 aromatic rings. The molecule has 2 aromatic heterocycles. The number of hydrogen-bond acceptors (Lipinski definition) is 6. The van der Waals surface area contributed by atoms with Crippen LogP contribution in [-0.4, -0.2) is 26.9 Å². The molecule has 0 spiro atoms. The number of pyridine rings is 1. The summed E-state index contributed by atoms with van der Waals surface area (Å²) in [5.41, 5.74) is 3.25. The maximum atomic E-state index is 12.8. The average molecular weight is 531 g/mol. The van der Waals surface area contributed by atoms with E-state index < -0.39 is 0 Å². The van der Waals surface area contributed by atoms with Gasteiger partial charge in [-0.2, -0.15) is 0 Å². The Morgan fingerprint density at radius 1 is 1.13 bits per heavy atom. The average Bonchev–Trinajstić information content (AvgIpc) is 3.75. The number of hydrogen-bond donors (Lipinski definition) is 3. The largest absolute Gasteiger partial charge is 0.367 e. The van der Waals surface area contributed by atoms with Crippen LogP contribution in [0.25, 0.3) is 12.7 Å². The third-order valence-corrected chi connectivity index (χ3v) is 5.77. The van der Waals surface area contributed by atoms with Gasteiger partial charge in [-0.05, 0) is 62.4 Å². The van der Waals surface area contributed by atoms with Crippen LogP contribution in [0.3, 0.4) is 0 Å². The molecule has 0 bridgehead atoms. The van der Waals surface area contributed by atoms with Gasteiger partial charge in [0.05, 0.1) is 28.5 Å². The highest BCUT2D eigenvalue weighted by Gasteiger charge is 2.22. The lowest BCUT2D eigenvalue weighted by Gasteiger charge is -2.16. The minimum atomic E-state index is -0.183. The van der Waals surface area contributed by atoms with Crippen molar-refractivity contribution in [2.45, 2.75) is 92.7 Å². The number of carbonyl (C=O) groups excluding carboxylic acids is 1. The molecule has 1 fully saturated rings. The summed E-state index contributed by atoms with van der Waals surface area (Å²) in [7, 11) is 0. The van der Waals surface area contributed by atoms with E-state index in [0.29, 0.717) is 22.8 Å². The maximum Gasteiger partial charge on any atom is 0.257 e. The molecule has 0 saturated heterocycles. The van der Waals surface area contributed by atoms with Crippen molar-refractivity contribution >= 4 is 35.9 Å². The molecular formula is C32H46N6O. The quantitative estimate of drug-likeness (QED) is 0.288. The fourth-order valence-corrected chi connectivity index (χ4v) is 3.62. The van der Waals surface area contributed by atoms with Crippen molar-refractivity contribution in [1.29, 1.82) is 0 Å². The lowest BCUT2D eigenvalue weighted by Crippen LogP contribution is -2.30. The first kappa shape index (κ1) is 31.5. The number of aromatic nitrogens is 3. The van der Waals surface area contributed by atoms with Crippen molar-refractivity contribution in [2.75, 3.05) is 16.0 Å². The van der Waals surface area contributed by atoms with E-state index in [1.54, 1.807) is 12.4 Å². The minimum Gasteiger partial charge on any atom is -0.367 e. The molecule has 39 heavy (non-hydrogen) atoms. The predicted molar refractivity (Wildman–Crippen MR) is 166 cm³/mol. The van der Waals surface area contributed by atoms with Crippen LogP contribution in [0.5, 0.6) is 0 Å². The molecule has 1 aliphatic rings. The number of nitrogens with zero attached hydrogens (tertiary/aromatic N) is 3. The second-order valence-corrected chi connectivity index (χ2v) is 9.54. The number of rotatable bonds is 9. The Morgan fingerprint density at radius 2 is 1.85 bits per heavy atom. The van der Waals surface area contributed by atoms with Crippen molar-refractivity contribution in [3.05, 3.63) is 70.1 Å². The van der Waals surface area contributed by atoms with Crippen LogP contribution in [-0.2, 0) is 0 Å². The van der Waals surface area contributed by atoms with Crippen LogP contribution >= 0.6 is 0 Å². The zero-order valence-corrected chi connectivity index (χ0v) is 24.8. The van der Waals surface area contributed by atoms with E-state index in [1.807, 2.05) is 58.0 Å². The van der Waals surface area contributed by atoms with Crippen LogP contribution in [0.4, 0.5) is 17.3 Å². The maximum absolute atomic E-state index is 12.8. The topological polar surface area (TPSA) is 91.8 Å². The van der Waals surface area contributed by atoms with Crippen LogP contribution in [0.15, 0.2) is 42.7 Å². The Bertz CT molecular complexity index is 1300. The highest BCUT2D eigenvalue weighted by Crippen LogP contribution is 2.26. The van der Waals surface area contributed by atoms with Gasteiger partial charge >= 0.3 is 0 Å². The number of nitrogens with one attached hydrogen (secondary N) is 3. The van der Waals surface area contributed by atoms with Crippen LogP contribution in [0.2, 0.25) is 0 Å². The summed E-state index contributed by atoms with van der Waals surface area (Å²) < 4.78 is 0. The fraction of sp³-hybridized carbons (Fsp3) is 0.438. The first-order valence-electron chi connectivity index (χ1n) is 14.3. The number of carbonyl (C=O) groups is 1. The molecule has 7 heteroatoms. The SMILES string of the molecule is C=c1nc(NC(C)c2cccc(NC(=O)c3cnc(NC4CC4)c(C)c3)c2)cn/c1=C/CCC.CC.CCC. The summed E-state index contributed by atoms with van der Waals surface area (Å²) in [5, 5.41) is 11.2. The standard InChI is InChI=1S/C27H32N6O.C3H8.C2H6/c1-5-6-10-24-19(4)31-25(16-28-24)30-18(3)20-8-7-9-23(14-20)33-27(34)21-13-17(2)26(29-15-21)32-22-11-12-22;1-3-2;1-2/h7-10,13-16,18,22H,4-6,11-12H2,1-3H3,(H,29,32)(H,30,31)(H,33,34);3H2,1-2H3;1-2H3/b24-10+;;. The molecule has 1 saturated carbocycles. The van der Waals surface area contributed by atoms with Crippen molar-refractivity contribution in [1.82, 2.24) is 15.0 Å². The lowest BCUT2D eigenvalue weighted by molar-refractivity contribution is 0.102. The van der Waals surface area contributed by atoms with E-state index in [1.165, 1.54) is 19.3 Å². The van der Waals surface area contributed by atoms with Crippen molar-refractivity contribution in [2.24, 2.45) is 0 Å². The smallest absolute Gasteiger partial charge is 0.257 e.